The van der Waals surface area contributed by atoms with Crippen LogP contribution in [-0.4, -0.2) is 27.3 Å². The highest BCUT2D eigenvalue weighted by Crippen LogP contribution is 2.22. The molecule has 3 heteroatoms. The maximum atomic E-state index is 4.48. The number of nitrogens with zero attached hydrogens (tertiary/aromatic N) is 3. The summed E-state index contributed by atoms with van der Waals surface area (Å²) in [7, 11) is 0. The molecule has 0 radical (unpaired) electrons. The third-order valence-corrected chi connectivity index (χ3v) is 3.23. The van der Waals surface area contributed by atoms with E-state index in [2.05, 4.69) is 42.4 Å². The molecule has 1 aliphatic heterocycles. The number of hydrogen-bond donors (Lipinski definition) is 0. The zero-order chi connectivity index (χ0) is 11.0. The third-order valence-electron chi connectivity index (χ3n) is 3.23. The van der Waals surface area contributed by atoms with Crippen LogP contribution in [0.1, 0.15) is 45.0 Å². The van der Waals surface area contributed by atoms with Crippen molar-refractivity contribution in [3.8, 4) is 0 Å². The molecule has 0 aromatic carbocycles. The van der Waals surface area contributed by atoms with E-state index < -0.39 is 0 Å². The summed E-state index contributed by atoms with van der Waals surface area (Å²) >= 11 is 0. The van der Waals surface area contributed by atoms with E-state index in [9.17, 15) is 0 Å². The maximum absolute atomic E-state index is 4.48. The zero-order valence-corrected chi connectivity index (χ0v) is 10.2. The molecule has 0 aliphatic carbocycles. The summed E-state index contributed by atoms with van der Waals surface area (Å²) in [6.45, 7) is 11.2. The second kappa shape index (κ2) is 3.97. The lowest BCUT2D eigenvalue weighted by Gasteiger charge is -2.31. The first-order chi connectivity index (χ1) is 7.09. The van der Waals surface area contributed by atoms with Gasteiger partial charge in [0.2, 0.25) is 0 Å². The third kappa shape index (κ3) is 1.93. The van der Waals surface area contributed by atoms with E-state index in [4.69, 9.17) is 0 Å². The van der Waals surface area contributed by atoms with Crippen molar-refractivity contribution < 1.29 is 0 Å². The van der Waals surface area contributed by atoms with Crippen molar-refractivity contribution in [2.24, 2.45) is 0 Å². The van der Waals surface area contributed by atoms with Gasteiger partial charge < -0.3 is 0 Å². The number of aromatic nitrogens is 2. The molecule has 2 rings (SSSR count). The van der Waals surface area contributed by atoms with Gasteiger partial charge in [-0.15, -0.1) is 0 Å². The molecule has 1 aliphatic rings. The smallest absolute Gasteiger partial charge is 0.0559 e. The second-order valence-corrected chi connectivity index (χ2v) is 4.97. The summed E-state index contributed by atoms with van der Waals surface area (Å²) in [6, 6.07) is 1.11. The normalized spacial score (nSPS) is 17.5. The van der Waals surface area contributed by atoms with Crippen LogP contribution in [0.3, 0.4) is 0 Å². The van der Waals surface area contributed by atoms with Gasteiger partial charge in [-0.3, -0.25) is 9.58 Å². The Hall–Kier alpha value is -0.830. The minimum Gasteiger partial charge on any atom is -0.295 e. The van der Waals surface area contributed by atoms with Crippen molar-refractivity contribution >= 4 is 0 Å². The van der Waals surface area contributed by atoms with Crippen LogP contribution in [0, 0.1) is 0 Å². The van der Waals surface area contributed by atoms with Gasteiger partial charge in [0.1, 0.15) is 0 Å². The molecule has 0 amide bonds. The van der Waals surface area contributed by atoms with Gasteiger partial charge in [0.25, 0.3) is 0 Å². The Morgan fingerprint density at radius 2 is 1.93 bits per heavy atom. The van der Waals surface area contributed by atoms with Crippen molar-refractivity contribution in [1.82, 2.24) is 14.7 Å². The molecular weight excluding hydrogens is 186 g/mol. The molecule has 0 bridgehead atoms. The van der Waals surface area contributed by atoms with Crippen molar-refractivity contribution in [2.45, 2.75) is 52.7 Å². The number of hydrogen-bond acceptors (Lipinski definition) is 2. The molecule has 0 saturated heterocycles. The lowest BCUT2D eigenvalue weighted by atomic mass is 10.1. The van der Waals surface area contributed by atoms with Gasteiger partial charge in [-0.25, -0.2) is 0 Å². The first-order valence-corrected chi connectivity index (χ1v) is 5.89. The summed E-state index contributed by atoms with van der Waals surface area (Å²) in [5.74, 6) is 0. The van der Waals surface area contributed by atoms with Crippen LogP contribution in [0.25, 0.3) is 0 Å². The molecule has 1 aromatic heterocycles. The fourth-order valence-electron chi connectivity index (χ4n) is 2.23. The van der Waals surface area contributed by atoms with Crippen LogP contribution in [0.5, 0.6) is 0 Å². The van der Waals surface area contributed by atoms with Crippen molar-refractivity contribution in [1.29, 1.82) is 0 Å². The van der Waals surface area contributed by atoms with Gasteiger partial charge in [-0.05, 0) is 39.7 Å². The molecule has 15 heavy (non-hydrogen) atoms. The van der Waals surface area contributed by atoms with E-state index in [0.29, 0.717) is 12.1 Å². The molecule has 0 spiro atoms. The molecule has 2 heterocycles. The van der Waals surface area contributed by atoms with E-state index in [1.54, 1.807) is 0 Å². The molecule has 0 saturated carbocycles. The van der Waals surface area contributed by atoms with E-state index in [-0.39, 0.29) is 0 Å². The second-order valence-electron chi connectivity index (χ2n) is 4.97. The molecule has 3 nitrogen and oxygen atoms in total. The lowest BCUT2D eigenvalue weighted by Crippen LogP contribution is -2.36. The summed E-state index contributed by atoms with van der Waals surface area (Å²) in [5.41, 5.74) is 2.87. The summed E-state index contributed by atoms with van der Waals surface area (Å²) in [5, 5.41) is 4.48. The Kier molecular flexibility index (Phi) is 2.83. The first-order valence-electron chi connectivity index (χ1n) is 5.89. The quantitative estimate of drug-likeness (QED) is 0.741. The van der Waals surface area contributed by atoms with Crippen LogP contribution < -0.4 is 0 Å². The van der Waals surface area contributed by atoms with Crippen molar-refractivity contribution in [2.75, 3.05) is 6.54 Å². The molecule has 1 aromatic rings. The van der Waals surface area contributed by atoms with Crippen molar-refractivity contribution in [3.05, 3.63) is 17.5 Å². The molecule has 0 fully saturated rings. The lowest BCUT2D eigenvalue weighted by molar-refractivity contribution is 0.195. The molecule has 84 valence electrons. The predicted molar refractivity (Wildman–Crippen MR) is 61.9 cm³/mol. The van der Waals surface area contributed by atoms with Gasteiger partial charge in [-0.2, -0.15) is 5.10 Å². The highest BCUT2D eigenvalue weighted by molar-refractivity contribution is 5.21. The fraction of sp³-hybridized carbons (Fsp3) is 0.750. The van der Waals surface area contributed by atoms with Crippen LogP contribution in [-0.2, 0) is 13.0 Å². The Balaban J connectivity index is 2.26. The van der Waals surface area contributed by atoms with E-state index in [1.807, 2.05) is 6.20 Å². The average molecular weight is 207 g/mol. The van der Waals surface area contributed by atoms with Crippen LogP contribution in [0.4, 0.5) is 0 Å². The highest BCUT2D eigenvalue weighted by Gasteiger charge is 2.22. The van der Waals surface area contributed by atoms with Gasteiger partial charge in [0, 0.05) is 25.2 Å². The van der Waals surface area contributed by atoms with E-state index in [1.165, 1.54) is 17.8 Å². The van der Waals surface area contributed by atoms with Crippen LogP contribution in [0.15, 0.2) is 6.20 Å². The van der Waals surface area contributed by atoms with E-state index >= 15 is 0 Å². The minimum absolute atomic E-state index is 0.473. The standard InChI is InChI=1S/C12H21N3/c1-9(2)14-6-5-11-7-13-15(10(3)4)12(11)8-14/h7,9-10H,5-6,8H2,1-4H3. The predicted octanol–water partition coefficient (Wildman–Crippen LogP) is 2.23. The summed E-state index contributed by atoms with van der Waals surface area (Å²) < 4.78 is 2.17. The van der Waals surface area contributed by atoms with Gasteiger partial charge in [0.15, 0.2) is 0 Å². The van der Waals surface area contributed by atoms with Crippen LogP contribution >= 0.6 is 0 Å². The fourth-order valence-corrected chi connectivity index (χ4v) is 2.23. The first kappa shape index (κ1) is 10.7. The molecule has 0 N–H and O–H groups in total. The zero-order valence-electron chi connectivity index (χ0n) is 10.2. The van der Waals surface area contributed by atoms with Gasteiger partial charge in [0.05, 0.1) is 11.9 Å². The topological polar surface area (TPSA) is 21.1 Å². The minimum atomic E-state index is 0.473. The molecular formula is C12H21N3. The summed E-state index contributed by atoms with van der Waals surface area (Å²) in [6.07, 6.45) is 3.20. The summed E-state index contributed by atoms with van der Waals surface area (Å²) in [4.78, 5) is 2.52. The average Bonchev–Trinajstić information content (AvgIpc) is 2.59. The van der Waals surface area contributed by atoms with Gasteiger partial charge >= 0.3 is 0 Å². The Labute approximate surface area is 92.1 Å². The molecule has 0 atom stereocenters. The van der Waals surface area contributed by atoms with Crippen molar-refractivity contribution in [3.63, 3.8) is 0 Å². The number of rotatable bonds is 2. The number of fused-ring (bicyclic) bond motifs is 1. The molecule has 0 unspecified atom stereocenters. The van der Waals surface area contributed by atoms with Crippen LogP contribution in [0.2, 0.25) is 0 Å². The van der Waals surface area contributed by atoms with Gasteiger partial charge in [-0.1, -0.05) is 0 Å². The highest BCUT2D eigenvalue weighted by atomic mass is 15.3. The Morgan fingerprint density at radius 1 is 1.20 bits per heavy atom. The SMILES string of the molecule is CC(C)N1CCc2cnn(C(C)C)c2C1. The Morgan fingerprint density at radius 3 is 2.53 bits per heavy atom. The monoisotopic (exact) mass is 207 g/mol. The van der Waals surface area contributed by atoms with E-state index in [0.717, 1.165) is 13.0 Å². The maximum Gasteiger partial charge on any atom is 0.0559 e. The Bertz CT molecular complexity index is 339. The largest absolute Gasteiger partial charge is 0.295 e.